The Balaban J connectivity index is 2.92. The van der Waals surface area contributed by atoms with Gasteiger partial charge in [-0.15, -0.1) is 0 Å². The normalized spacial score (nSPS) is 9.29. The van der Waals surface area contributed by atoms with E-state index in [1.807, 2.05) is 13.0 Å². The van der Waals surface area contributed by atoms with E-state index >= 15 is 0 Å². The third-order valence-corrected chi connectivity index (χ3v) is 0.467. The second-order valence-electron chi connectivity index (χ2n) is 1.01. The summed E-state index contributed by atoms with van der Waals surface area (Å²) in [6.07, 6.45) is 4.33. The van der Waals surface area contributed by atoms with E-state index in [0.29, 0.717) is 0 Å². The standard InChI is InChI=1S/C5H9NO/c1-3-4-5-7-6-2/h4-5H,2-3H2,1H3/b5-4-. The molecule has 0 aliphatic carbocycles. The van der Waals surface area contributed by atoms with Gasteiger partial charge in [0.15, 0.2) is 0 Å². The van der Waals surface area contributed by atoms with Crippen LogP contribution in [0.2, 0.25) is 0 Å². The first-order chi connectivity index (χ1) is 3.41. The molecule has 0 bridgehead atoms. The predicted molar refractivity (Wildman–Crippen MR) is 30.1 cm³/mol. The third kappa shape index (κ3) is 5.21. The second-order valence-corrected chi connectivity index (χ2v) is 1.01. The Labute approximate surface area is 43.5 Å². The van der Waals surface area contributed by atoms with Crippen molar-refractivity contribution in [2.45, 2.75) is 13.3 Å². The summed E-state index contributed by atoms with van der Waals surface area (Å²) in [4.78, 5) is 4.41. The molecule has 0 aromatic rings. The van der Waals surface area contributed by atoms with Crippen molar-refractivity contribution in [3.63, 3.8) is 0 Å². The lowest BCUT2D eigenvalue weighted by atomic mass is 10.5. The molecule has 0 aliphatic heterocycles. The van der Waals surface area contributed by atoms with Gasteiger partial charge in [0.25, 0.3) is 0 Å². The molecule has 0 heterocycles. The van der Waals surface area contributed by atoms with Crippen molar-refractivity contribution in [1.82, 2.24) is 0 Å². The molecule has 0 radical (unpaired) electrons. The average molecular weight is 99.1 g/mol. The Morgan fingerprint density at radius 1 is 1.86 bits per heavy atom. The highest BCUT2D eigenvalue weighted by Crippen LogP contribution is 1.79. The molecule has 0 spiro atoms. The summed E-state index contributed by atoms with van der Waals surface area (Å²) in [5.74, 6) is 0. The number of rotatable bonds is 3. The highest BCUT2D eigenvalue weighted by Gasteiger charge is 1.62. The summed E-state index contributed by atoms with van der Waals surface area (Å²) in [5.41, 5.74) is 0. The minimum atomic E-state index is 0.968. The van der Waals surface area contributed by atoms with Crippen molar-refractivity contribution >= 4 is 6.72 Å². The maximum absolute atomic E-state index is 4.41. The minimum absolute atomic E-state index is 0.968. The highest BCUT2D eigenvalue weighted by atomic mass is 16.6. The first-order valence-electron chi connectivity index (χ1n) is 2.18. The van der Waals surface area contributed by atoms with Crippen molar-refractivity contribution in [3.05, 3.63) is 12.3 Å². The van der Waals surface area contributed by atoms with Crippen molar-refractivity contribution < 1.29 is 4.84 Å². The summed E-state index contributed by atoms with van der Waals surface area (Å²) >= 11 is 0. The van der Waals surface area contributed by atoms with E-state index in [4.69, 9.17) is 0 Å². The van der Waals surface area contributed by atoms with E-state index in [9.17, 15) is 0 Å². The van der Waals surface area contributed by atoms with Crippen LogP contribution in [0, 0.1) is 0 Å². The third-order valence-electron chi connectivity index (χ3n) is 0.467. The smallest absolute Gasteiger partial charge is 0.118 e. The molecule has 0 saturated heterocycles. The summed E-state index contributed by atoms with van der Waals surface area (Å²) in [7, 11) is 0. The van der Waals surface area contributed by atoms with Gasteiger partial charge in [0, 0.05) is 6.72 Å². The van der Waals surface area contributed by atoms with Gasteiger partial charge in [0.05, 0.1) is 0 Å². The Bertz CT molecular complexity index is 68.5. The van der Waals surface area contributed by atoms with E-state index in [2.05, 4.69) is 16.7 Å². The zero-order chi connectivity index (χ0) is 5.54. The van der Waals surface area contributed by atoms with Crippen molar-refractivity contribution in [2.24, 2.45) is 5.16 Å². The fraction of sp³-hybridized carbons (Fsp3) is 0.400. The summed E-state index contributed by atoms with van der Waals surface area (Å²) in [6, 6.07) is 0. The van der Waals surface area contributed by atoms with Crippen LogP contribution in [-0.4, -0.2) is 6.72 Å². The molecule has 0 aromatic carbocycles. The maximum atomic E-state index is 4.41. The molecular formula is C5H9NO. The number of allylic oxidation sites excluding steroid dienone is 1. The van der Waals surface area contributed by atoms with Crippen LogP contribution in [0.25, 0.3) is 0 Å². The lowest BCUT2D eigenvalue weighted by Gasteiger charge is -1.80. The van der Waals surface area contributed by atoms with Gasteiger partial charge in [0.2, 0.25) is 0 Å². The van der Waals surface area contributed by atoms with Gasteiger partial charge >= 0.3 is 0 Å². The summed E-state index contributed by atoms with van der Waals surface area (Å²) in [6.45, 7) is 5.13. The van der Waals surface area contributed by atoms with E-state index in [1.54, 1.807) is 0 Å². The van der Waals surface area contributed by atoms with Crippen LogP contribution in [0.15, 0.2) is 17.5 Å². The van der Waals surface area contributed by atoms with Gasteiger partial charge in [-0.2, -0.15) is 0 Å². The van der Waals surface area contributed by atoms with Gasteiger partial charge in [-0.05, 0) is 12.5 Å². The molecular weight excluding hydrogens is 90.1 g/mol. The molecule has 0 N–H and O–H groups in total. The van der Waals surface area contributed by atoms with Gasteiger partial charge in [-0.1, -0.05) is 12.1 Å². The SMILES string of the molecule is C=NO/C=C\CC. The second kappa shape index (κ2) is 5.21. The first-order valence-corrected chi connectivity index (χ1v) is 2.18. The molecule has 0 amide bonds. The average Bonchev–Trinajstić information content (AvgIpc) is 1.69. The molecule has 0 aromatic heterocycles. The Morgan fingerprint density at radius 3 is 3.00 bits per heavy atom. The quantitative estimate of drug-likeness (QED) is 0.299. The van der Waals surface area contributed by atoms with Gasteiger partial charge in [-0.25, -0.2) is 0 Å². The number of hydrogen-bond acceptors (Lipinski definition) is 2. The molecule has 7 heavy (non-hydrogen) atoms. The maximum Gasteiger partial charge on any atom is 0.118 e. The molecule has 2 nitrogen and oxygen atoms in total. The Morgan fingerprint density at radius 2 is 2.57 bits per heavy atom. The summed E-state index contributed by atoms with van der Waals surface area (Å²) < 4.78 is 0. The zero-order valence-electron chi connectivity index (χ0n) is 4.42. The zero-order valence-corrected chi connectivity index (χ0v) is 4.42. The molecule has 0 fully saturated rings. The predicted octanol–water partition coefficient (Wildman–Crippen LogP) is 1.54. The number of nitrogens with zero attached hydrogens (tertiary/aromatic N) is 1. The molecule has 2 heteroatoms. The fourth-order valence-corrected chi connectivity index (χ4v) is 0.182. The Hall–Kier alpha value is -0.790. The number of hydrogen-bond donors (Lipinski definition) is 0. The van der Waals surface area contributed by atoms with Gasteiger partial charge in [-0.3, -0.25) is 0 Å². The molecule has 0 atom stereocenters. The van der Waals surface area contributed by atoms with Crippen LogP contribution in [-0.2, 0) is 4.84 Å². The molecule has 0 rings (SSSR count). The van der Waals surface area contributed by atoms with Crippen molar-refractivity contribution in [1.29, 1.82) is 0 Å². The van der Waals surface area contributed by atoms with E-state index in [0.717, 1.165) is 6.42 Å². The van der Waals surface area contributed by atoms with Crippen LogP contribution in [0.3, 0.4) is 0 Å². The topological polar surface area (TPSA) is 21.6 Å². The van der Waals surface area contributed by atoms with Crippen molar-refractivity contribution in [3.8, 4) is 0 Å². The summed E-state index contributed by atoms with van der Waals surface area (Å²) in [5, 5.41) is 3.14. The lowest BCUT2D eigenvalue weighted by Crippen LogP contribution is -1.60. The highest BCUT2D eigenvalue weighted by molar-refractivity contribution is 5.21. The van der Waals surface area contributed by atoms with E-state index in [-0.39, 0.29) is 0 Å². The monoisotopic (exact) mass is 99.1 g/mol. The number of oxime groups is 1. The minimum Gasteiger partial charge on any atom is -0.366 e. The largest absolute Gasteiger partial charge is 0.366 e. The van der Waals surface area contributed by atoms with Crippen LogP contribution in [0.4, 0.5) is 0 Å². The van der Waals surface area contributed by atoms with Crippen LogP contribution in [0.1, 0.15) is 13.3 Å². The molecule has 40 valence electrons. The molecule has 0 saturated carbocycles. The first kappa shape index (κ1) is 6.21. The van der Waals surface area contributed by atoms with Crippen LogP contribution < -0.4 is 0 Å². The van der Waals surface area contributed by atoms with Crippen LogP contribution >= 0.6 is 0 Å². The van der Waals surface area contributed by atoms with E-state index in [1.165, 1.54) is 6.26 Å². The fourth-order valence-electron chi connectivity index (χ4n) is 0.182. The molecule has 0 unspecified atom stereocenters. The van der Waals surface area contributed by atoms with Crippen molar-refractivity contribution in [2.75, 3.05) is 0 Å². The van der Waals surface area contributed by atoms with Crippen LogP contribution in [0.5, 0.6) is 0 Å². The molecule has 0 aliphatic rings. The van der Waals surface area contributed by atoms with E-state index < -0.39 is 0 Å². The lowest BCUT2D eigenvalue weighted by molar-refractivity contribution is 0.271. The van der Waals surface area contributed by atoms with Gasteiger partial charge < -0.3 is 4.84 Å². The Kier molecular flexibility index (Phi) is 4.62. The van der Waals surface area contributed by atoms with Gasteiger partial charge in [0.1, 0.15) is 6.26 Å².